The molecule has 2 aromatic carbocycles. The number of halogens is 1. The van der Waals surface area contributed by atoms with Gasteiger partial charge >= 0.3 is 0 Å². The number of aryl methyl sites for hydroxylation is 1. The normalized spacial score (nSPS) is 16.8. The molecule has 0 atom stereocenters. The van der Waals surface area contributed by atoms with E-state index < -0.39 is 0 Å². The first-order valence-corrected chi connectivity index (χ1v) is 9.72. The highest BCUT2D eigenvalue weighted by atomic mass is 19.1. The predicted molar refractivity (Wildman–Crippen MR) is 103 cm³/mol. The van der Waals surface area contributed by atoms with Crippen LogP contribution in [0, 0.1) is 12.7 Å². The zero-order valence-corrected chi connectivity index (χ0v) is 15.7. The molecule has 2 nitrogen and oxygen atoms in total. The Balaban J connectivity index is 1.76. The molecule has 0 N–H and O–H groups in total. The van der Waals surface area contributed by atoms with Crippen molar-refractivity contribution in [1.29, 1.82) is 0 Å². The second-order valence-electron chi connectivity index (χ2n) is 7.79. The van der Waals surface area contributed by atoms with Gasteiger partial charge in [-0.2, -0.15) is 0 Å². The molecule has 26 heavy (non-hydrogen) atoms. The Kier molecular flexibility index (Phi) is 6.20. The summed E-state index contributed by atoms with van der Waals surface area (Å²) >= 11 is 0. The van der Waals surface area contributed by atoms with Crippen LogP contribution in [0.2, 0.25) is 0 Å². The van der Waals surface area contributed by atoms with Crippen molar-refractivity contribution in [3.8, 4) is 0 Å². The van der Waals surface area contributed by atoms with E-state index in [9.17, 15) is 9.18 Å². The van der Waals surface area contributed by atoms with Crippen molar-refractivity contribution in [1.82, 2.24) is 0 Å². The van der Waals surface area contributed by atoms with Crippen LogP contribution in [0.15, 0.2) is 48.5 Å². The molecule has 1 aliphatic heterocycles. The monoisotopic (exact) mass is 354 g/mol. The van der Waals surface area contributed by atoms with Gasteiger partial charge in [-0.05, 0) is 55.9 Å². The van der Waals surface area contributed by atoms with Crippen LogP contribution in [0.4, 0.5) is 4.39 Å². The fourth-order valence-electron chi connectivity index (χ4n) is 4.18. The summed E-state index contributed by atoms with van der Waals surface area (Å²) < 4.78 is 14.4. The van der Waals surface area contributed by atoms with E-state index in [2.05, 4.69) is 24.3 Å². The first-order valence-electron chi connectivity index (χ1n) is 9.72. The SMILES string of the molecule is Cc1ccc(F)cc1CC(=O)C[N+]1(Cc2ccccc2)CCCCCC1. The van der Waals surface area contributed by atoms with Crippen molar-refractivity contribution >= 4 is 5.78 Å². The first kappa shape index (κ1) is 18.8. The van der Waals surface area contributed by atoms with Crippen LogP contribution < -0.4 is 0 Å². The molecule has 1 saturated heterocycles. The van der Waals surface area contributed by atoms with Gasteiger partial charge in [0.25, 0.3) is 0 Å². The fraction of sp³-hybridized carbons (Fsp3) is 0.435. The fourth-order valence-corrected chi connectivity index (χ4v) is 4.18. The summed E-state index contributed by atoms with van der Waals surface area (Å²) in [7, 11) is 0. The largest absolute Gasteiger partial charge is 0.314 e. The van der Waals surface area contributed by atoms with Crippen molar-refractivity contribution in [2.45, 2.75) is 45.6 Å². The Labute approximate surface area is 156 Å². The third-order valence-corrected chi connectivity index (χ3v) is 5.59. The average Bonchev–Trinajstić information content (AvgIpc) is 2.84. The Morgan fingerprint density at radius 1 is 1.00 bits per heavy atom. The Morgan fingerprint density at radius 2 is 1.69 bits per heavy atom. The number of likely N-dealkylation sites (tertiary alicyclic amines) is 1. The lowest BCUT2D eigenvalue weighted by Crippen LogP contribution is -2.51. The highest BCUT2D eigenvalue weighted by Gasteiger charge is 2.31. The maximum Gasteiger partial charge on any atom is 0.191 e. The molecule has 2 aromatic rings. The van der Waals surface area contributed by atoms with Crippen LogP contribution in [0.25, 0.3) is 0 Å². The molecule has 138 valence electrons. The summed E-state index contributed by atoms with van der Waals surface area (Å²) in [4.78, 5) is 12.9. The number of Topliss-reactive ketones (excluding diaryl/α,β-unsaturated/α-hetero) is 1. The summed E-state index contributed by atoms with van der Waals surface area (Å²) in [6, 6.07) is 15.2. The second-order valence-corrected chi connectivity index (χ2v) is 7.79. The van der Waals surface area contributed by atoms with E-state index in [4.69, 9.17) is 0 Å². The molecular weight excluding hydrogens is 325 g/mol. The molecule has 0 bridgehead atoms. The molecule has 0 aromatic heterocycles. The van der Waals surface area contributed by atoms with Gasteiger partial charge in [0.2, 0.25) is 0 Å². The third-order valence-electron chi connectivity index (χ3n) is 5.59. The number of ketones is 1. The van der Waals surface area contributed by atoms with E-state index in [1.165, 1.54) is 43.4 Å². The Morgan fingerprint density at radius 3 is 2.38 bits per heavy atom. The number of nitrogens with zero attached hydrogens (tertiary/aromatic N) is 1. The minimum absolute atomic E-state index is 0.219. The molecule has 0 aliphatic carbocycles. The van der Waals surface area contributed by atoms with E-state index in [1.807, 2.05) is 13.0 Å². The smallest absolute Gasteiger partial charge is 0.191 e. The maximum absolute atomic E-state index is 13.6. The minimum atomic E-state index is -0.263. The molecular formula is C23H29FNO+. The number of quaternary nitrogens is 1. The summed E-state index contributed by atoms with van der Waals surface area (Å²) in [6.07, 6.45) is 5.20. The maximum atomic E-state index is 13.6. The average molecular weight is 354 g/mol. The van der Waals surface area contributed by atoms with Crippen LogP contribution in [0.1, 0.15) is 42.4 Å². The van der Waals surface area contributed by atoms with Crippen LogP contribution in [-0.2, 0) is 17.8 Å². The molecule has 1 aliphatic rings. The molecule has 3 rings (SSSR count). The van der Waals surface area contributed by atoms with Gasteiger partial charge in [-0.3, -0.25) is 4.79 Å². The van der Waals surface area contributed by atoms with Crippen LogP contribution in [-0.4, -0.2) is 29.9 Å². The predicted octanol–water partition coefficient (Wildman–Crippen LogP) is 4.84. The van der Waals surface area contributed by atoms with Gasteiger partial charge < -0.3 is 4.48 Å². The Bertz CT molecular complexity index is 733. The molecule has 3 heteroatoms. The summed E-state index contributed by atoms with van der Waals surface area (Å²) in [5.41, 5.74) is 3.11. The van der Waals surface area contributed by atoms with Gasteiger partial charge in [-0.25, -0.2) is 4.39 Å². The van der Waals surface area contributed by atoms with Crippen molar-refractivity contribution in [3.63, 3.8) is 0 Å². The lowest BCUT2D eigenvalue weighted by Gasteiger charge is -2.37. The number of hydrogen-bond donors (Lipinski definition) is 0. The van der Waals surface area contributed by atoms with Crippen LogP contribution in [0.3, 0.4) is 0 Å². The number of hydrogen-bond acceptors (Lipinski definition) is 1. The van der Waals surface area contributed by atoms with E-state index >= 15 is 0 Å². The third kappa shape index (κ3) is 5.01. The van der Waals surface area contributed by atoms with E-state index in [0.717, 1.165) is 35.2 Å². The van der Waals surface area contributed by atoms with Crippen molar-refractivity contribution in [2.75, 3.05) is 19.6 Å². The molecule has 0 saturated carbocycles. The second kappa shape index (κ2) is 8.59. The van der Waals surface area contributed by atoms with Gasteiger partial charge in [-0.15, -0.1) is 0 Å². The number of carbonyl (C=O) groups is 1. The van der Waals surface area contributed by atoms with Crippen molar-refractivity contribution < 1.29 is 13.7 Å². The first-order chi connectivity index (χ1) is 12.6. The zero-order valence-electron chi connectivity index (χ0n) is 15.7. The molecule has 1 fully saturated rings. The van der Waals surface area contributed by atoms with E-state index in [0.29, 0.717) is 13.0 Å². The van der Waals surface area contributed by atoms with Crippen LogP contribution in [0.5, 0.6) is 0 Å². The quantitative estimate of drug-likeness (QED) is 0.679. The standard InChI is InChI=1S/C23H29FNO/c1-19-11-12-22(24)15-21(19)16-23(26)18-25(13-7-2-3-8-14-25)17-20-9-5-4-6-10-20/h4-6,9-12,15H,2-3,7-8,13-14,16-18H2,1H3/q+1. The minimum Gasteiger partial charge on any atom is -0.314 e. The lowest BCUT2D eigenvalue weighted by atomic mass is 10.0. The van der Waals surface area contributed by atoms with Gasteiger partial charge in [0.1, 0.15) is 18.9 Å². The summed E-state index contributed by atoms with van der Waals surface area (Å²) in [6.45, 7) is 5.52. The lowest BCUT2D eigenvalue weighted by molar-refractivity contribution is -0.932. The van der Waals surface area contributed by atoms with Crippen molar-refractivity contribution in [2.24, 2.45) is 0 Å². The topological polar surface area (TPSA) is 17.1 Å². The molecule has 0 amide bonds. The van der Waals surface area contributed by atoms with Crippen LogP contribution >= 0.6 is 0 Å². The van der Waals surface area contributed by atoms with Gasteiger partial charge in [0.05, 0.1) is 13.1 Å². The van der Waals surface area contributed by atoms with Gasteiger partial charge in [0, 0.05) is 12.0 Å². The molecule has 0 unspecified atom stereocenters. The van der Waals surface area contributed by atoms with Gasteiger partial charge in [-0.1, -0.05) is 36.4 Å². The van der Waals surface area contributed by atoms with Crippen molar-refractivity contribution in [3.05, 3.63) is 71.0 Å². The molecule has 0 radical (unpaired) electrons. The summed E-state index contributed by atoms with van der Waals surface area (Å²) in [5, 5.41) is 0. The zero-order chi connectivity index (χ0) is 18.4. The number of benzene rings is 2. The van der Waals surface area contributed by atoms with Gasteiger partial charge in [0.15, 0.2) is 5.78 Å². The summed E-state index contributed by atoms with van der Waals surface area (Å²) in [5.74, 6) is -0.0436. The molecule has 0 spiro atoms. The molecule has 1 heterocycles. The number of carbonyl (C=O) groups excluding carboxylic acids is 1. The highest BCUT2D eigenvalue weighted by Crippen LogP contribution is 2.23. The highest BCUT2D eigenvalue weighted by molar-refractivity contribution is 5.82. The number of rotatable bonds is 6. The Hall–Kier alpha value is -2.00. The van der Waals surface area contributed by atoms with E-state index in [-0.39, 0.29) is 11.6 Å². The van der Waals surface area contributed by atoms with E-state index in [1.54, 1.807) is 6.07 Å².